The number of aromatic nitrogens is 2. The van der Waals surface area contributed by atoms with Crippen LogP contribution < -0.4 is 0 Å². The molecule has 2 aromatic rings. The first-order valence-electron chi connectivity index (χ1n) is 5.58. The number of ether oxygens (including phenoxy) is 1. The molecule has 0 aliphatic rings. The first-order valence-corrected chi connectivity index (χ1v) is 5.58. The first-order chi connectivity index (χ1) is 8.78. The average molecular weight is 266 g/mol. The summed E-state index contributed by atoms with van der Waals surface area (Å²) in [4.78, 5) is 14.9. The minimum atomic E-state index is -0.350. The van der Waals surface area contributed by atoms with E-state index in [0.717, 1.165) is 12.1 Å². The molecule has 5 heteroatoms. The molecule has 0 aliphatic carbocycles. The number of esters is 1. The summed E-state index contributed by atoms with van der Waals surface area (Å²) in [5.41, 5.74) is 2.15. The van der Waals surface area contributed by atoms with Crippen molar-refractivity contribution in [2.45, 2.75) is 6.54 Å². The quantitative estimate of drug-likeness (QED) is 0.478. The molecule has 0 fully saturated rings. The van der Waals surface area contributed by atoms with Crippen molar-refractivity contribution in [2.75, 3.05) is 7.11 Å². The number of carbonyl (C=O) groups is 1. The van der Waals surface area contributed by atoms with Gasteiger partial charge in [-0.1, -0.05) is 24.3 Å². The summed E-state index contributed by atoms with van der Waals surface area (Å²) in [5.74, 6) is -0.350. The summed E-state index contributed by atoms with van der Waals surface area (Å²) in [5, 5.41) is 0. The second kappa shape index (κ2) is 7.94. The maximum atomic E-state index is 10.9. The molecule has 1 aromatic heterocycles. The second-order valence-corrected chi connectivity index (χ2v) is 3.83. The first kappa shape index (κ1) is 15.7. The molecule has 4 nitrogen and oxygen atoms in total. The SMILES string of the molecule is COC(=O)/C=C/c1ccc(Cn2ccnc2)cc1.[NaH]. The standard InChI is InChI=1S/C14H14N2O2.Na.H/c1-18-14(17)7-6-12-2-4-13(5-3-12)10-16-9-8-15-11-16;;/h2-9,11H,10H2,1H3;;/b7-6+;;. The van der Waals surface area contributed by atoms with E-state index in [2.05, 4.69) is 9.72 Å². The molecule has 0 bridgehead atoms. The van der Waals surface area contributed by atoms with E-state index in [-0.39, 0.29) is 35.5 Å². The number of nitrogens with zero attached hydrogens (tertiary/aromatic N) is 2. The molecule has 1 heterocycles. The molecule has 1 aromatic carbocycles. The molecular weight excluding hydrogens is 251 g/mol. The van der Waals surface area contributed by atoms with Crippen molar-refractivity contribution in [1.82, 2.24) is 9.55 Å². The Morgan fingerprint density at radius 1 is 1.37 bits per heavy atom. The summed E-state index contributed by atoms with van der Waals surface area (Å²) in [6, 6.07) is 7.98. The Kier molecular flexibility index (Phi) is 6.56. The fraction of sp³-hybridized carbons (Fsp3) is 0.143. The van der Waals surface area contributed by atoms with Crippen molar-refractivity contribution >= 4 is 41.6 Å². The molecule has 0 saturated carbocycles. The van der Waals surface area contributed by atoms with Gasteiger partial charge in [0.2, 0.25) is 0 Å². The fourth-order valence-electron chi connectivity index (χ4n) is 1.56. The monoisotopic (exact) mass is 266 g/mol. The Bertz CT molecular complexity index is 533. The van der Waals surface area contributed by atoms with Crippen LogP contribution in [0.2, 0.25) is 0 Å². The number of hydrogen-bond donors (Lipinski definition) is 0. The van der Waals surface area contributed by atoms with Crippen LogP contribution >= 0.6 is 0 Å². The third kappa shape index (κ3) is 5.03. The van der Waals surface area contributed by atoms with Crippen molar-refractivity contribution in [3.63, 3.8) is 0 Å². The van der Waals surface area contributed by atoms with E-state index in [1.54, 1.807) is 18.6 Å². The van der Waals surface area contributed by atoms with Crippen LogP contribution in [0.1, 0.15) is 11.1 Å². The predicted octanol–water partition coefficient (Wildman–Crippen LogP) is 1.47. The number of hydrogen-bond acceptors (Lipinski definition) is 3. The van der Waals surface area contributed by atoms with Crippen LogP contribution in [0.4, 0.5) is 0 Å². The molecular formula is C14H15N2NaO2. The van der Waals surface area contributed by atoms with Crippen molar-refractivity contribution in [3.8, 4) is 0 Å². The van der Waals surface area contributed by atoms with Gasteiger partial charge < -0.3 is 9.30 Å². The van der Waals surface area contributed by atoms with Gasteiger partial charge in [0, 0.05) is 25.0 Å². The molecule has 0 saturated heterocycles. The molecule has 94 valence electrons. The van der Waals surface area contributed by atoms with Crippen LogP contribution in [-0.4, -0.2) is 52.2 Å². The van der Waals surface area contributed by atoms with E-state index in [9.17, 15) is 4.79 Å². The van der Waals surface area contributed by atoms with E-state index in [4.69, 9.17) is 0 Å². The maximum absolute atomic E-state index is 10.9. The number of benzene rings is 1. The van der Waals surface area contributed by atoms with E-state index < -0.39 is 0 Å². The Morgan fingerprint density at radius 3 is 2.68 bits per heavy atom. The van der Waals surface area contributed by atoms with Gasteiger partial charge in [-0.25, -0.2) is 9.78 Å². The van der Waals surface area contributed by atoms with E-state index in [0.29, 0.717) is 0 Å². The summed E-state index contributed by atoms with van der Waals surface area (Å²) >= 11 is 0. The van der Waals surface area contributed by atoms with Gasteiger partial charge in [0.15, 0.2) is 0 Å². The van der Waals surface area contributed by atoms with Gasteiger partial charge in [-0.3, -0.25) is 0 Å². The third-order valence-corrected chi connectivity index (χ3v) is 2.52. The van der Waals surface area contributed by atoms with Gasteiger partial charge in [0.05, 0.1) is 13.4 Å². The zero-order chi connectivity index (χ0) is 12.8. The van der Waals surface area contributed by atoms with Crippen molar-refractivity contribution in [1.29, 1.82) is 0 Å². The zero-order valence-electron chi connectivity index (χ0n) is 10.1. The van der Waals surface area contributed by atoms with E-state index >= 15 is 0 Å². The second-order valence-electron chi connectivity index (χ2n) is 3.83. The summed E-state index contributed by atoms with van der Waals surface area (Å²) in [7, 11) is 1.36. The van der Waals surface area contributed by atoms with Crippen LogP contribution in [0.15, 0.2) is 49.1 Å². The van der Waals surface area contributed by atoms with Gasteiger partial charge in [0.1, 0.15) is 0 Å². The molecule has 0 unspecified atom stereocenters. The summed E-state index contributed by atoms with van der Waals surface area (Å²) in [6.07, 6.45) is 8.60. The van der Waals surface area contributed by atoms with Crippen molar-refractivity contribution < 1.29 is 9.53 Å². The predicted molar refractivity (Wildman–Crippen MR) is 76.0 cm³/mol. The van der Waals surface area contributed by atoms with Gasteiger partial charge in [-0.05, 0) is 17.2 Å². The molecule has 0 N–H and O–H groups in total. The Hall–Kier alpha value is -1.36. The topological polar surface area (TPSA) is 44.1 Å². The molecule has 0 atom stereocenters. The molecule has 0 aliphatic heterocycles. The summed E-state index contributed by atoms with van der Waals surface area (Å²) < 4.78 is 6.53. The molecule has 0 spiro atoms. The van der Waals surface area contributed by atoms with E-state index in [1.165, 1.54) is 18.7 Å². The fourth-order valence-corrected chi connectivity index (χ4v) is 1.56. The number of carbonyl (C=O) groups excluding carboxylic acids is 1. The van der Waals surface area contributed by atoms with Gasteiger partial charge in [-0.15, -0.1) is 0 Å². The molecule has 0 radical (unpaired) electrons. The third-order valence-electron chi connectivity index (χ3n) is 2.52. The number of imidazole rings is 1. The van der Waals surface area contributed by atoms with Crippen molar-refractivity contribution in [2.24, 2.45) is 0 Å². The number of rotatable bonds is 4. The van der Waals surface area contributed by atoms with Crippen LogP contribution in [-0.2, 0) is 16.1 Å². The molecule has 2 rings (SSSR count). The Morgan fingerprint density at radius 2 is 2.11 bits per heavy atom. The Labute approximate surface area is 134 Å². The van der Waals surface area contributed by atoms with Gasteiger partial charge in [-0.2, -0.15) is 0 Å². The van der Waals surface area contributed by atoms with Crippen molar-refractivity contribution in [3.05, 3.63) is 60.2 Å². The van der Waals surface area contributed by atoms with Crippen LogP contribution in [0.5, 0.6) is 0 Å². The molecule has 19 heavy (non-hydrogen) atoms. The normalized spacial score (nSPS) is 10.2. The van der Waals surface area contributed by atoms with Crippen LogP contribution in [0, 0.1) is 0 Å². The zero-order valence-corrected chi connectivity index (χ0v) is 10.1. The van der Waals surface area contributed by atoms with Crippen LogP contribution in [0.3, 0.4) is 0 Å². The summed E-state index contributed by atoms with van der Waals surface area (Å²) in [6.45, 7) is 0.793. The van der Waals surface area contributed by atoms with Gasteiger partial charge in [0.25, 0.3) is 0 Å². The van der Waals surface area contributed by atoms with Crippen LogP contribution in [0.25, 0.3) is 6.08 Å². The average Bonchev–Trinajstić information content (AvgIpc) is 2.90. The Balaban J connectivity index is 0.00000180. The van der Waals surface area contributed by atoms with E-state index in [1.807, 2.05) is 35.0 Å². The molecule has 0 amide bonds. The minimum absolute atomic E-state index is 0. The number of methoxy groups -OCH3 is 1. The van der Waals surface area contributed by atoms with Gasteiger partial charge >= 0.3 is 35.5 Å².